The van der Waals surface area contributed by atoms with Crippen molar-refractivity contribution >= 4 is 28.6 Å². The Morgan fingerprint density at radius 2 is 1.77 bits per heavy atom. The number of hydrogen-bond donors (Lipinski definition) is 1. The van der Waals surface area contributed by atoms with Crippen molar-refractivity contribution in [3.63, 3.8) is 0 Å². The standard InChI is InChI=1S/C26H39NO2S/c1-18-8-12-20(13-9-18)17-27(22-6-4-3-5-7-22)23-16-24(30-25(23)26(28)29)21-14-10-19(2)11-15-21/h14,16,18-20,22H,3-13,15,17H2,1-2H3,(H,28,29). The molecule has 0 bridgehead atoms. The van der Waals surface area contributed by atoms with E-state index in [1.807, 2.05) is 0 Å². The van der Waals surface area contributed by atoms with Gasteiger partial charge in [-0.05, 0) is 74.3 Å². The van der Waals surface area contributed by atoms with Crippen molar-refractivity contribution in [2.75, 3.05) is 11.4 Å². The molecule has 0 spiro atoms. The molecule has 3 nitrogen and oxygen atoms in total. The number of carboxylic acid groups (broad SMARTS) is 1. The highest BCUT2D eigenvalue weighted by Gasteiger charge is 2.31. The van der Waals surface area contributed by atoms with Crippen molar-refractivity contribution in [1.82, 2.24) is 0 Å². The summed E-state index contributed by atoms with van der Waals surface area (Å²) in [6.45, 7) is 5.73. The minimum atomic E-state index is -0.746. The van der Waals surface area contributed by atoms with Crippen LogP contribution in [0.1, 0.15) is 105 Å². The minimum Gasteiger partial charge on any atom is -0.477 e. The largest absolute Gasteiger partial charge is 0.477 e. The van der Waals surface area contributed by atoms with E-state index in [0.717, 1.165) is 36.9 Å². The smallest absolute Gasteiger partial charge is 0.348 e. The fraction of sp³-hybridized carbons (Fsp3) is 0.731. The van der Waals surface area contributed by atoms with Crippen LogP contribution in [0.3, 0.4) is 0 Å². The summed E-state index contributed by atoms with van der Waals surface area (Å²) in [5.74, 6) is 1.57. The van der Waals surface area contributed by atoms with Gasteiger partial charge in [-0.3, -0.25) is 0 Å². The number of rotatable bonds is 6. The lowest BCUT2D eigenvalue weighted by Gasteiger charge is -2.39. The summed E-state index contributed by atoms with van der Waals surface area (Å²) >= 11 is 1.52. The lowest BCUT2D eigenvalue weighted by atomic mass is 9.82. The maximum Gasteiger partial charge on any atom is 0.348 e. The SMILES string of the molecule is CC1CC=C(c2cc(N(CC3CCC(C)CC3)C3CCCCC3)c(C(=O)O)s2)CC1. The molecule has 4 rings (SSSR count). The van der Waals surface area contributed by atoms with Crippen LogP contribution in [-0.2, 0) is 0 Å². The number of hydrogen-bond acceptors (Lipinski definition) is 3. The molecule has 2 saturated carbocycles. The molecule has 1 heterocycles. The zero-order valence-corrected chi connectivity index (χ0v) is 19.7. The lowest BCUT2D eigenvalue weighted by molar-refractivity contribution is 0.0702. The van der Waals surface area contributed by atoms with Gasteiger partial charge in [-0.25, -0.2) is 4.79 Å². The summed E-state index contributed by atoms with van der Waals surface area (Å²) in [6, 6.07) is 2.76. The first kappa shape index (κ1) is 21.9. The minimum absolute atomic E-state index is 0.513. The van der Waals surface area contributed by atoms with Crippen LogP contribution in [0.5, 0.6) is 0 Å². The van der Waals surface area contributed by atoms with Gasteiger partial charge in [0.25, 0.3) is 0 Å². The topological polar surface area (TPSA) is 40.5 Å². The Kier molecular flexibility index (Phi) is 7.23. The fourth-order valence-corrected chi connectivity index (χ4v) is 6.80. The summed E-state index contributed by atoms with van der Waals surface area (Å²) in [4.78, 5) is 16.6. The molecule has 1 atom stereocenters. The number of carboxylic acids is 1. The maximum absolute atomic E-state index is 12.3. The molecule has 30 heavy (non-hydrogen) atoms. The van der Waals surface area contributed by atoms with Crippen molar-refractivity contribution < 1.29 is 9.90 Å². The van der Waals surface area contributed by atoms with Gasteiger partial charge < -0.3 is 10.0 Å². The molecule has 0 aromatic carbocycles. The van der Waals surface area contributed by atoms with E-state index in [1.54, 1.807) is 0 Å². The van der Waals surface area contributed by atoms with Crippen LogP contribution in [0, 0.1) is 17.8 Å². The molecule has 0 amide bonds. The van der Waals surface area contributed by atoms with Crippen LogP contribution in [0.4, 0.5) is 5.69 Å². The number of allylic oxidation sites excluding steroid dienone is 2. The van der Waals surface area contributed by atoms with Crippen molar-refractivity contribution in [2.45, 2.75) is 96.9 Å². The molecule has 1 aromatic rings. The van der Waals surface area contributed by atoms with Crippen molar-refractivity contribution in [3.05, 3.63) is 21.9 Å². The summed E-state index contributed by atoms with van der Waals surface area (Å²) in [7, 11) is 0. The van der Waals surface area contributed by atoms with Crippen molar-refractivity contribution in [3.8, 4) is 0 Å². The highest BCUT2D eigenvalue weighted by Crippen LogP contribution is 2.42. The molecule has 3 aliphatic rings. The van der Waals surface area contributed by atoms with Crippen LogP contribution in [0.2, 0.25) is 0 Å². The van der Waals surface area contributed by atoms with Crippen LogP contribution in [0.15, 0.2) is 12.1 Å². The van der Waals surface area contributed by atoms with E-state index in [9.17, 15) is 9.90 Å². The predicted octanol–water partition coefficient (Wildman–Crippen LogP) is 7.62. The number of carbonyl (C=O) groups is 1. The fourth-order valence-electron chi connectivity index (χ4n) is 5.72. The van der Waals surface area contributed by atoms with Crippen LogP contribution in [-0.4, -0.2) is 23.7 Å². The first-order valence-electron chi connectivity index (χ1n) is 12.3. The molecule has 0 aliphatic heterocycles. The molecule has 0 saturated heterocycles. The van der Waals surface area contributed by atoms with Gasteiger partial charge in [-0.15, -0.1) is 11.3 Å². The van der Waals surface area contributed by atoms with E-state index in [4.69, 9.17) is 0 Å². The van der Waals surface area contributed by atoms with E-state index in [2.05, 4.69) is 30.9 Å². The molecule has 166 valence electrons. The zero-order chi connectivity index (χ0) is 21.1. The Labute approximate surface area is 186 Å². The molecule has 1 unspecified atom stereocenters. The van der Waals surface area contributed by atoms with Gasteiger partial charge in [0.05, 0.1) is 5.69 Å². The number of aromatic carboxylic acids is 1. The van der Waals surface area contributed by atoms with Gasteiger partial charge >= 0.3 is 5.97 Å². The van der Waals surface area contributed by atoms with E-state index >= 15 is 0 Å². The van der Waals surface area contributed by atoms with Gasteiger partial charge in [0, 0.05) is 17.5 Å². The molecule has 0 radical (unpaired) electrons. The molecule has 1 aromatic heterocycles. The van der Waals surface area contributed by atoms with Gasteiger partial charge in [0.15, 0.2) is 0 Å². The summed E-state index contributed by atoms with van der Waals surface area (Å²) in [6.07, 6.45) is 17.4. The average Bonchev–Trinajstić information content (AvgIpc) is 3.20. The van der Waals surface area contributed by atoms with E-state index in [1.165, 1.54) is 86.0 Å². The third-order valence-electron chi connectivity index (χ3n) is 7.81. The Morgan fingerprint density at radius 3 is 2.40 bits per heavy atom. The average molecular weight is 430 g/mol. The second-order valence-electron chi connectivity index (χ2n) is 10.3. The predicted molar refractivity (Wildman–Crippen MR) is 128 cm³/mol. The summed E-state index contributed by atoms with van der Waals surface area (Å²) in [5.41, 5.74) is 2.40. The van der Waals surface area contributed by atoms with Gasteiger partial charge in [0.1, 0.15) is 4.88 Å². The lowest BCUT2D eigenvalue weighted by Crippen LogP contribution is -2.41. The summed E-state index contributed by atoms with van der Waals surface area (Å²) < 4.78 is 0. The molecule has 1 N–H and O–H groups in total. The van der Waals surface area contributed by atoms with Gasteiger partial charge in [0.2, 0.25) is 0 Å². The first-order chi connectivity index (χ1) is 14.5. The third-order valence-corrected chi connectivity index (χ3v) is 9.00. The molecular weight excluding hydrogens is 390 g/mol. The second-order valence-corrected chi connectivity index (χ2v) is 11.4. The van der Waals surface area contributed by atoms with E-state index in [-0.39, 0.29) is 0 Å². The molecular formula is C26H39NO2S. The number of anilines is 1. The van der Waals surface area contributed by atoms with Crippen LogP contribution < -0.4 is 4.90 Å². The molecule has 2 fully saturated rings. The van der Waals surface area contributed by atoms with Crippen LogP contribution in [0.25, 0.3) is 5.57 Å². The normalized spacial score (nSPS) is 28.2. The Morgan fingerprint density at radius 1 is 1.03 bits per heavy atom. The highest BCUT2D eigenvalue weighted by molar-refractivity contribution is 7.15. The second kappa shape index (κ2) is 9.89. The molecule has 4 heteroatoms. The van der Waals surface area contributed by atoms with Gasteiger partial charge in [-0.1, -0.05) is 52.0 Å². The Balaban J connectivity index is 1.63. The summed E-state index contributed by atoms with van der Waals surface area (Å²) in [5, 5.41) is 10.1. The number of nitrogens with zero attached hydrogens (tertiary/aromatic N) is 1. The number of thiophene rings is 1. The quantitative estimate of drug-likeness (QED) is 0.506. The Bertz CT molecular complexity index is 753. The monoisotopic (exact) mass is 429 g/mol. The Hall–Kier alpha value is -1.29. The first-order valence-corrected chi connectivity index (χ1v) is 13.2. The zero-order valence-electron chi connectivity index (χ0n) is 18.9. The molecule has 3 aliphatic carbocycles. The van der Waals surface area contributed by atoms with Crippen molar-refractivity contribution in [2.24, 2.45) is 17.8 Å². The van der Waals surface area contributed by atoms with E-state index in [0.29, 0.717) is 16.8 Å². The maximum atomic E-state index is 12.3. The van der Waals surface area contributed by atoms with Gasteiger partial charge in [-0.2, -0.15) is 0 Å². The van der Waals surface area contributed by atoms with E-state index < -0.39 is 5.97 Å². The van der Waals surface area contributed by atoms with Crippen LogP contribution >= 0.6 is 11.3 Å². The highest BCUT2D eigenvalue weighted by atomic mass is 32.1. The van der Waals surface area contributed by atoms with Crippen molar-refractivity contribution in [1.29, 1.82) is 0 Å². The third kappa shape index (κ3) is 5.12.